The van der Waals surface area contributed by atoms with Crippen LogP contribution >= 0.6 is 0 Å². The molecule has 0 bridgehead atoms. The van der Waals surface area contributed by atoms with Crippen LogP contribution in [0, 0.1) is 11.6 Å². The van der Waals surface area contributed by atoms with Crippen molar-refractivity contribution in [3.63, 3.8) is 0 Å². The van der Waals surface area contributed by atoms with Crippen LogP contribution in [0.25, 0.3) is 22.0 Å². The van der Waals surface area contributed by atoms with E-state index in [1.54, 1.807) is 30.3 Å². The Morgan fingerprint density at radius 1 is 0.895 bits per heavy atom. The van der Waals surface area contributed by atoms with Crippen molar-refractivity contribution in [1.29, 1.82) is 0 Å². The molecular formula is C15H9F2NO. The Hall–Kier alpha value is -2.49. The van der Waals surface area contributed by atoms with Crippen molar-refractivity contribution in [3.8, 4) is 11.1 Å². The Morgan fingerprint density at radius 2 is 1.63 bits per heavy atom. The highest BCUT2D eigenvalue weighted by Crippen LogP contribution is 2.25. The van der Waals surface area contributed by atoms with Crippen LogP contribution in [0.2, 0.25) is 0 Å². The van der Waals surface area contributed by atoms with E-state index in [9.17, 15) is 13.6 Å². The summed E-state index contributed by atoms with van der Waals surface area (Å²) in [6.07, 6.45) is 0. The number of H-pyrrole nitrogens is 1. The molecule has 0 fully saturated rings. The molecular weight excluding hydrogens is 248 g/mol. The lowest BCUT2D eigenvalue weighted by atomic mass is 10.0. The molecule has 0 aliphatic carbocycles. The lowest BCUT2D eigenvalue weighted by molar-refractivity contribution is 0.608. The van der Waals surface area contributed by atoms with E-state index in [0.29, 0.717) is 5.56 Å². The van der Waals surface area contributed by atoms with Crippen LogP contribution in [0.3, 0.4) is 0 Å². The van der Waals surface area contributed by atoms with E-state index in [-0.39, 0.29) is 16.5 Å². The highest BCUT2D eigenvalue weighted by atomic mass is 19.1. The summed E-state index contributed by atoms with van der Waals surface area (Å²) in [7, 11) is 0. The molecule has 0 radical (unpaired) electrons. The van der Waals surface area contributed by atoms with Gasteiger partial charge in [0.05, 0.1) is 16.5 Å². The smallest absolute Gasteiger partial charge is 0.259 e. The van der Waals surface area contributed by atoms with Crippen molar-refractivity contribution >= 4 is 10.9 Å². The summed E-state index contributed by atoms with van der Waals surface area (Å²) < 4.78 is 28.1. The van der Waals surface area contributed by atoms with Gasteiger partial charge in [0.2, 0.25) is 0 Å². The zero-order valence-electron chi connectivity index (χ0n) is 9.78. The molecule has 0 unspecified atom stereocenters. The van der Waals surface area contributed by atoms with E-state index in [0.717, 1.165) is 0 Å². The number of aromatic nitrogens is 1. The van der Waals surface area contributed by atoms with E-state index >= 15 is 0 Å². The summed E-state index contributed by atoms with van der Waals surface area (Å²) in [6, 6.07) is 12.4. The third kappa shape index (κ3) is 1.81. The molecule has 0 saturated carbocycles. The number of halogens is 2. The number of aromatic amines is 1. The first-order valence-corrected chi connectivity index (χ1v) is 5.74. The predicted octanol–water partition coefficient (Wildman–Crippen LogP) is 3.47. The monoisotopic (exact) mass is 257 g/mol. The van der Waals surface area contributed by atoms with Gasteiger partial charge in [-0.1, -0.05) is 36.4 Å². The second-order valence-electron chi connectivity index (χ2n) is 4.17. The van der Waals surface area contributed by atoms with Crippen molar-refractivity contribution < 1.29 is 8.78 Å². The fourth-order valence-corrected chi connectivity index (χ4v) is 2.12. The van der Waals surface area contributed by atoms with Gasteiger partial charge in [-0.05, 0) is 17.7 Å². The van der Waals surface area contributed by atoms with E-state index in [1.807, 2.05) is 0 Å². The third-order valence-electron chi connectivity index (χ3n) is 2.99. The van der Waals surface area contributed by atoms with E-state index < -0.39 is 17.2 Å². The molecule has 1 aromatic heterocycles. The average Bonchev–Trinajstić information content (AvgIpc) is 2.39. The highest BCUT2D eigenvalue weighted by Gasteiger charge is 2.16. The van der Waals surface area contributed by atoms with Gasteiger partial charge in [0, 0.05) is 0 Å². The summed E-state index contributed by atoms with van der Waals surface area (Å²) >= 11 is 0. The minimum absolute atomic E-state index is 0.141. The first kappa shape index (κ1) is 11.6. The maximum Gasteiger partial charge on any atom is 0.259 e. The highest BCUT2D eigenvalue weighted by molar-refractivity contribution is 5.84. The predicted molar refractivity (Wildman–Crippen MR) is 69.9 cm³/mol. The van der Waals surface area contributed by atoms with Crippen LogP contribution in [0.5, 0.6) is 0 Å². The van der Waals surface area contributed by atoms with Crippen molar-refractivity contribution in [3.05, 3.63) is 70.5 Å². The van der Waals surface area contributed by atoms with Gasteiger partial charge in [0.15, 0.2) is 0 Å². The van der Waals surface area contributed by atoms with Gasteiger partial charge in [0.25, 0.3) is 5.56 Å². The van der Waals surface area contributed by atoms with E-state index in [1.165, 1.54) is 18.2 Å². The number of hydrogen-bond donors (Lipinski definition) is 1. The van der Waals surface area contributed by atoms with Crippen LogP contribution in [-0.4, -0.2) is 4.98 Å². The van der Waals surface area contributed by atoms with E-state index in [2.05, 4.69) is 4.98 Å². The standard InChI is InChI=1S/C15H9F2NO/c16-10-7-4-8-11-13(10)14(17)12(15(19)18-11)9-5-2-1-3-6-9/h1-8H,(H,18,19). The lowest BCUT2D eigenvalue weighted by Crippen LogP contribution is -2.12. The molecule has 3 aromatic rings. The van der Waals surface area contributed by atoms with Crippen LogP contribution in [-0.2, 0) is 0 Å². The molecule has 19 heavy (non-hydrogen) atoms. The molecule has 0 aliphatic heterocycles. The lowest BCUT2D eigenvalue weighted by Gasteiger charge is -2.06. The summed E-state index contributed by atoms with van der Waals surface area (Å²) in [6.45, 7) is 0. The number of fused-ring (bicyclic) bond motifs is 1. The molecule has 94 valence electrons. The van der Waals surface area contributed by atoms with Gasteiger partial charge >= 0.3 is 0 Å². The zero-order valence-corrected chi connectivity index (χ0v) is 9.78. The molecule has 0 spiro atoms. The van der Waals surface area contributed by atoms with Gasteiger partial charge in [0.1, 0.15) is 11.6 Å². The number of rotatable bonds is 1. The summed E-state index contributed by atoms with van der Waals surface area (Å²) in [5.41, 5.74) is -0.131. The Bertz CT molecular complexity index is 809. The number of benzene rings is 2. The van der Waals surface area contributed by atoms with Gasteiger partial charge < -0.3 is 4.98 Å². The maximum absolute atomic E-state index is 14.4. The normalized spacial score (nSPS) is 10.8. The Morgan fingerprint density at radius 3 is 2.37 bits per heavy atom. The number of hydrogen-bond acceptors (Lipinski definition) is 1. The van der Waals surface area contributed by atoms with Gasteiger partial charge in [-0.3, -0.25) is 4.79 Å². The first-order chi connectivity index (χ1) is 9.18. The molecule has 4 heteroatoms. The molecule has 0 aliphatic rings. The molecule has 0 saturated heterocycles. The van der Waals surface area contributed by atoms with Crippen LogP contribution in [0.1, 0.15) is 0 Å². The Labute approximate surface area is 107 Å². The van der Waals surface area contributed by atoms with Crippen molar-refractivity contribution in [2.24, 2.45) is 0 Å². The van der Waals surface area contributed by atoms with Crippen LogP contribution < -0.4 is 5.56 Å². The topological polar surface area (TPSA) is 32.9 Å². The molecule has 1 heterocycles. The van der Waals surface area contributed by atoms with Gasteiger partial charge in [-0.2, -0.15) is 0 Å². The Balaban J connectivity index is 2.45. The molecule has 0 amide bonds. The van der Waals surface area contributed by atoms with Crippen molar-refractivity contribution in [2.75, 3.05) is 0 Å². The summed E-state index contributed by atoms with van der Waals surface area (Å²) in [5, 5.41) is -0.194. The largest absolute Gasteiger partial charge is 0.321 e. The molecule has 1 N–H and O–H groups in total. The second-order valence-corrected chi connectivity index (χ2v) is 4.17. The molecule has 2 nitrogen and oxygen atoms in total. The zero-order chi connectivity index (χ0) is 13.4. The first-order valence-electron chi connectivity index (χ1n) is 5.74. The molecule has 2 aromatic carbocycles. The minimum Gasteiger partial charge on any atom is -0.321 e. The average molecular weight is 257 g/mol. The quantitative estimate of drug-likeness (QED) is 0.711. The SMILES string of the molecule is O=c1[nH]c2cccc(F)c2c(F)c1-c1ccccc1. The minimum atomic E-state index is -0.831. The van der Waals surface area contributed by atoms with Gasteiger partial charge in [-0.25, -0.2) is 8.78 Å². The van der Waals surface area contributed by atoms with Gasteiger partial charge in [-0.15, -0.1) is 0 Å². The number of nitrogens with one attached hydrogen (secondary N) is 1. The Kier molecular flexibility index (Phi) is 2.63. The van der Waals surface area contributed by atoms with E-state index in [4.69, 9.17) is 0 Å². The van der Waals surface area contributed by atoms with Crippen LogP contribution in [0.15, 0.2) is 53.3 Å². The number of pyridine rings is 1. The fourth-order valence-electron chi connectivity index (χ4n) is 2.12. The fraction of sp³-hybridized carbons (Fsp3) is 0. The third-order valence-corrected chi connectivity index (χ3v) is 2.99. The van der Waals surface area contributed by atoms with Crippen molar-refractivity contribution in [2.45, 2.75) is 0 Å². The molecule has 3 rings (SSSR count). The summed E-state index contributed by atoms with van der Waals surface area (Å²) in [4.78, 5) is 14.5. The second kappa shape index (κ2) is 4.31. The summed E-state index contributed by atoms with van der Waals surface area (Å²) in [5.74, 6) is -1.52. The maximum atomic E-state index is 14.4. The van der Waals surface area contributed by atoms with Crippen molar-refractivity contribution in [1.82, 2.24) is 4.98 Å². The molecule has 0 atom stereocenters. The van der Waals surface area contributed by atoms with Crippen LogP contribution in [0.4, 0.5) is 8.78 Å².